The average Bonchev–Trinajstić information content (AvgIpc) is 3.31. The lowest BCUT2D eigenvalue weighted by Gasteiger charge is -2.34. The molecule has 0 atom stereocenters. The fraction of sp³-hybridized carbons (Fsp3) is 0.333. The van der Waals surface area contributed by atoms with E-state index >= 15 is 0 Å². The molecular weight excluding hydrogens is 359 g/mol. The minimum atomic E-state index is -0.253. The van der Waals surface area contributed by atoms with Crippen LogP contribution in [0.3, 0.4) is 0 Å². The zero-order chi connectivity index (χ0) is 17.9. The van der Waals surface area contributed by atoms with Crippen LogP contribution in [0.5, 0.6) is 0 Å². The van der Waals surface area contributed by atoms with Gasteiger partial charge in [-0.2, -0.15) is 0 Å². The Morgan fingerprint density at radius 3 is 2.46 bits per heavy atom. The fourth-order valence-corrected chi connectivity index (χ4v) is 3.24. The molecule has 26 heavy (non-hydrogen) atoms. The van der Waals surface area contributed by atoms with Crippen LogP contribution in [0.4, 0.5) is 4.39 Å². The van der Waals surface area contributed by atoms with Crippen LogP contribution in [-0.4, -0.2) is 46.2 Å². The van der Waals surface area contributed by atoms with Gasteiger partial charge in [0, 0.05) is 43.3 Å². The quantitative estimate of drug-likeness (QED) is 0.680. The Morgan fingerprint density at radius 2 is 1.77 bits per heavy atom. The summed E-state index contributed by atoms with van der Waals surface area (Å²) < 4.78 is 24.8. The van der Waals surface area contributed by atoms with Gasteiger partial charge in [-0.05, 0) is 24.3 Å². The first-order valence-electron chi connectivity index (χ1n) is 8.43. The molecule has 1 aliphatic heterocycles. The molecule has 0 aliphatic carbocycles. The molecule has 0 saturated carbocycles. The Bertz CT molecular complexity index is 840. The van der Waals surface area contributed by atoms with E-state index in [1.54, 1.807) is 30.5 Å². The van der Waals surface area contributed by atoms with Gasteiger partial charge in [-0.3, -0.25) is 9.80 Å². The van der Waals surface area contributed by atoms with Crippen LogP contribution in [0.1, 0.15) is 11.5 Å². The number of aromatic nitrogens is 2. The molecule has 0 amide bonds. The Kier molecular flexibility index (Phi) is 5.01. The zero-order valence-corrected chi connectivity index (χ0v) is 14.8. The van der Waals surface area contributed by atoms with Crippen LogP contribution in [0.25, 0.3) is 11.7 Å². The molecule has 0 radical (unpaired) electrons. The molecule has 1 aliphatic rings. The van der Waals surface area contributed by atoms with Gasteiger partial charge in [0.1, 0.15) is 5.82 Å². The number of hydrogen-bond donors (Lipinski definition) is 0. The lowest BCUT2D eigenvalue weighted by Crippen LogP contribution is -2.45. The van der Waals surface area contributed by atoms with E-state index in [9.17, 15) is 4.39 Å². The molecule has 1 aromatic carbocycles. The van der Waals surface area contributed by atoms with Crippen molar-refractivity contribution < 1.29 is 13.2 Å². The van der Waals surface area contributed by atoms with E-state index in [4.69, 9.17) is 20.4 Å². The van der Waals surface area contributed by atoms with Crippen molar-refractivity contribution in [1.82, 2.24) is 20.0 Å². The van der Waals surface area contributed by atoms with E-state index in [0.29, 0.717) is 41.2 Å². The maximum Gasteiger partial charge on any atom is 0.283 e. The number of halogens is 2. The third-order valence-corrected chi connectivity index (χ3v) is 4.82. The Labute approximate surface area is 155 Å². The highest BCUT2D eigenvalue weighted by Gasteiger charge is 2.21. The maximum absolute atomic E-state index is 13.9. The van der Waals surface area contributed by atoms with Gasteiger partial charge < -0.3 is 8.83 Å². The lowest BCUT2D eigenvalue weighted by molar-refractivity contribution is 0.114. The largest absolute Gasteiger partial charge is 0.459 e. The molecule has 0 N–H and O–H groups in total. The highest BCUT2D eigenvalue weighted by molar-refractivity contribution is 6.31. The molecular formula is C18H18ClFN4O2. The van der Waals surface area contributed by atoms with E-state index in [1.807, 2.05) is 0 Å². The van der Waals surface area contributed by atoms with Gasteiger partial charge >= 0.3 is 0 Å². The summed E-state index contributed by atoms with van der Waals surface area (Å²) >= 11 is 6.12. The highest BCUT2D eigenvalue weighted by atomic mass is 35.5. The molecule has 4 rings (SSSR count). The number of benzene rings is 1. The Balaban J connectivity index is 1.31. The molecule has 8 heteroatoms. The maximum atomic E-state index is 13.9. The molecule has 0 unspecified atom stereocenters. The van der Waals surface area contributed by atoms with Crippen LogP contribution >= 0.6 is 11.6 Å². The number of nitrogens with zero attached hydrogens (tertiary/aromatic N) is 4. The summed E-state index contributed by atoms with van der Waals surface area (Å²) in [5.74, 6) is 1.26. The van der Waals surface area contributed by atoms with Crippen LogP contribution < -0.4 is 0 Å². The fourth-order valence-electron chi connectivity index (χ4n) is 3.02. The van der Waals surface area contributed by atoms with E-state index in [2.05, 4.69) is 20.0 Å². The molecule has 136 valence electrons. The number of piperazine rings is 1. The third-order valence-electron chi connectivity index (χ3n) is 4.47. The molecule has 3 heterocycles. The van der Waals surface area contributed by atoms with Crippen LogP contribution in [0.15, 0.2) is 45.4 Å². The normalized spacial score (nSPS) is 16.2. The van der Waals surface area contributed by atoms with E-state index in [1.165, 1.54) is 6.07 Å². The summed E-state index contributed by atoms with van der Waals surface area (Å²) in [6.07, 6.45) is 1.57. The van der Waals surface area contributed by atoms with Gasteiger partial charge in [0.2, 0.25) is 5.89 Å². The Morgan fingerprint density at radius 1 is 1.00 bits per heavy atom. The van der Waals surface area contributed by atoms with Crippen molar-refractivity contribution >= 4 is 11.6 Å². The van der Waals surface area contributed by atoms with Gasteiger partial charge in [0.15, 0.2) is 5.76 Å². The van der Waals surface area contributed by atoms with Gasteiger partial charge in [0.25, 0.3) is 5.89 Å². The van der Waals surface area contributed by atoms with E-state index < -0.39 is 0 Å². The average molecular weight is 377 g/mol. The van der Waals surface area contributed by atoms with Crippen molar-refractivity contribution in [2.75, 3.05) is 26.2 Å². The summed E-state index contributed by atoms with van der Waals surface area (Å²) in [5.41, 5.74) is 0.558. The summed E-state index contributed by atoms with van der Waals surface area (Å²) in [7, 11) is 0. The molecule has 2 aromatic heterocycles. The second-order valence-electron chi connectivity index (χ2n) is 6.23. The minimum absolute atomic E-state index is 0.253. The smallest absolute Gasteiger partial charge is 0.283 e. The first-order valence-corrected chi connectivity index (χ1v) is 8.81. The molecule has 0 spiro atoms. The van der Waals surface area contributed by atoms with E-state index in [-0.39, 0.29) is 5.82 Å². The lowest BCUT2D eigenvalue weighted by atomic mass is 10.2. The predicted molar refractivity (Wildman–Crippen MR) is 94.0 cm³/mol. The van der Waals surface area contributed by atoms with Crippen LogP contribution in [0.2, 0.25) is 5.02 Å². The SMILES string of the molecule is Fc1cccc(Cl)c1CN1CCN(Cc2nnc(-c3ccco3)o2)CC1. The van der Waals surface area contributed by atoms with Crippen molar-refractivity contribution in [3.05, 3.63) is 58.9 Å². The minimum Gasteiger partial charge on any atom is -0.459 e. The van der Waals surface area contributed by atoms with Crippen molar-refractivity contribution in [3.8, 4) is 11.7 Å². The molecule has 6 nitrogen and oxygen atoms in total. The van der Waals surface area contributed by atoms with Gasteiger partial charge in [-0.25, -0.2) is 4.39 Å². The standard InChI is InChI=1S/C18H18ClFN4O2/c19-14-3-1-4-15(20)13(14)11-23-6-8-24(9-7-23)12-17-21-22-18(26-17)16-5-2-10-25-16/h1-5,10H,6-9,11-12H2. The summed E-state index contributed by atoms with van der Waals surface area (Å²) in [5, 5.41) is 8.56. The summed E-state index contributed by atoms with van der Waals surface area (Å²) in [6, 6.07) is 8.36. The van der Waals surface area contributed by atoms with Crippen molar-refractivity contribution in [1.29, 1.82) is 0 Å². The zero-order valence-electron chi connectivity index (χ0n) is 14.1. The Hall–Kier alpha value is -2.22. The van der Waals surface area contributed by atoms with Gasteiger partial charge in [-0.1, -0.05) is 17.7 Å². The molecule has 1 saturated heterocycles. The number of hydrogen-bond acceptors (Lipinski definition) is 6. The monoisotopic (exact) mass is 376 g/mol. The van der Waals surface area contributed by atoms with Crippen molar-refractivity contribution in [2.24, 2.45) is 0 Å². The third kappa shape index (κ3) is 3.80. The second kappa shape index (κ2) is 7.57. The van der Waals surface area contributed by atoms with Crippen LogP contribution in [0, 0.1) is 5.82 Å². The summed E-state index contributed by atoms with van der Waals surface area (Å²) in [4.78, 5) is 4.43. The molecule has 1 fully saturated rings. The second-order valence-corrected chi connectivity index (χ2v) is 6.64. The van der Waals surface area contributed by atoms with Crippen LogP contribution in [-0.2, 0) is 13.1 Å². The summed E-state index contributed by atoms with van der Waals surface area (Å²) in [6.45, 7) is 4.42. The highest BCUT2D eigenvalue weighted by Crippen LogP contribution is 2.22. The molecule has 3 aromatic rings. The van der Waals surface area contributed by atoms with Crippen molar-refractivity contribution in [2.45, 2.75) is 13.1 Å². The first kappa shape index (κ1) is 17.2. The topological polar surface area (TPSA) is 58.5 Å². The predicted octanol–water partition coefficient (Wildman–Crippen LogP) is 3.44. The number of furan rings is 1. The van der Waals surface area contributed by atoms with Gasteiger partial charge in [0.05, 0.1) is 12.8 Å². The first-order chi connectivity index (χ1) is 12.7. The van der Waals surface area contributed by atoms with Crippen molar-refractivity contribution in [3.63, 3.8) is 0 Å². The van der Waals surface area contributed by atoms with Gasteiger partial charge in [-0.15, -0.1) is 10.2 Å². The number of rotatable bonds is 5. The van der Waals surface area contributed by atoms with E-state index in [0.717, 1.165) is 26.2 Å². The molecule has 0 bridgehead atoms.